The van der Waals surface area contributed by atoms with Gasteiger partial charge in [0.1, 0.15) is 0 Å². The van der Waals surface area contributed by atoms with Crippen LogP contribution in [0, 0.1) is 11.3 Å². The van der Waals surface area contributed by atoms with E-state index in [1.165, 1.54) is 32.1 Å². The molecule has 0 spiro atoms. The van der Waals surface area contributed by atoms with Gasteiger partial charge in [0, 0.05) is 12.0 Å². The number of nitrogens with one attached hydrogen (secondary N) is 1. The Balaban J connectivity index is 2.03. The van der Waals surface area contributed by atoms with Crippen molar-refractivity contribution in [2.24, 2.45) is 11.3 Å². The van der Waals surface area contributed by atoms with Gasteiger partial charge in [-0.2, -0.15) is 0 Å². The smallest absolute Gasteiger partial charge is 0.0634 e. The minimum absolute atomic E-state index is 0.105. The highest BCUT2D eigenvalue weighted by molar-refractivity contribution is 4.94. The zero-order valence-electron chi connectivity index (χ0n) is 9.42. The molecule has 1 saturated carbocycles. The zero-order valence-corrected chi connectivity index (χ0v) is 9.42. The van der Waals surface area contributed by atoms with Crippen LogP contribution in [0.2, 0.25) is 0 Å². The van der Waals surface area contributed by atoms with E-state index in [-0.39, 0.29) is 11.5 Å². The first-order valence-electron chi connectivity index (χ1n) is 6.03. The van der Waals surface area contributed by atoms with Gasteiger partial charge in [-0.25, -0.2) is 0 Å². The highest BCUT2D eigenvalue weighted by atomic mass is 16.3. The largest absolute Gasteiger partial charge is 0.392 e. The van der Waals surface area contributed by atoms with Crippen molar-refractivity contribution in [1.29, 1.82) is 0 Å². The van der Waals surface area contributed by atoms with Crippen LogP contribution in [0.25, 0.3) is 0 Å². The van der Waals surface area contributed by atoms with Crippen molar-refractivity contribution in [2.45, 2.75) is 58.1 Å². The first-order chi connectivity index (χ1) is 6.61. The molecule has 1 aliphatic heterocycles. The van der Waals surface area contributed by atoms with Crippen molar-refractivity contribution in [2.75, 3.05) is 6.54 Å². The zero-order chi connectivity index (χ0) is 10.2. The van der Waals surface area contributed by atoms with Gasteiger partial charge in [0.25, 0.3) is 0 Å². The predicted octanol–water partition coefficient (Wildman–Crippen LogP) is 1.93. The van der Waals surface area contributed by atoms with Crippen LogP contribution in [0.15, 0.2) is 0 Å². The first-order valence-corrected chi connectivity index (χ1v) is 6.03. The maximum atomic E-state index is 10.3. The number of aliphatic hydroxyl groups excluding tert-OH is 1. The topological polar surface area (TPSA) is 32.3 Å². The second-order valence-corrected chi connectivity index (χ2v) is 5.69. The molecule has 0 aromatic heterocycles. The highest BCUT2D eigenvalue weighted by Gasteiger charge is 2.41. The molecule has 0 amide bonds. The van der Waals surface area contributed by atoms with E-state index in [9.17, 15) is 5.11 Å². The van der Waals surface area contributed by atoms with Crippen LogP contribution >= 0.6 is 0 Å². The third-order valence-electron chi connectivity index (χ3n) is 4.18. The summed E-state index contributed by atoms with van der Waals surface area (Å²) in [7, 11) is 0. The molecule has 0 aromatic carbocycles. The molecule has 2 heteroatoms. The molecule has 3 unspecified atom stereocenters. The Morgan fingerprint density at radius 3 is 2.64 bits per heavy atom. The van der Waals surface area contributed by atoms with Crippen LogP contribution in [0.4, 0.5) is 0 Å². The molecule has 2 aliphatic rings. The Morgan fingerprint density at radius 2 is 2.00 bits per heavy atom. The molecule has 2 N–H and O–H groups in total. The normalized spacial score (nSPS) is 42.6. The van der Waals surface area contributed by atoms with E-state index in [4.69, 9.17) is 0 Å². The Labute approximate surface area is 87.1 Å². The Bertz CT molecular complexity index is 196. The lowest BCUT2D eigenvalue weighted by Crippen LogP contribution is -2.47. The molecule has 2 rings (SSSR count). The molecule has 14 heavy (non-hydrogen) atoms. The van der Waals surface area contributed by atoms with E-state index in [1.54, 1.807) is 0 Å². The quantitative estimate of drug-likeness (QED) is 0.673. The van der Waals surface area contributed by atoms with Gasteiger partial charge in [-0.3, -0.25) is 0 Å². The molecule has 0 bridgehead atoms. The third-order valence-corrected chi connectivity index (χ3v) is 4.18. The van der Waals surface area contributed by atoms with Gasteiger partial charge in [0.15, 0.2) is 0 Å². The number of rotatable bonds is 1. The van der Waals surface area contributed by atoms with Gasteiger partial charge in [0.05, 0.1) is 6.10 Å². The van der Waals surface area contributed by atoms with E-state index < -0.39 is 0 Å². The second kappa shape index (κ2) is 3.82. The van der Waals surface area contributed by atoms with Crippen LogP contribution in [0.1, 0.15) is 46.0 Å². The summed E-state index contributed by atoms with van der Waals surface area (Å²) in [6, 6.07) is 0.588. The van der Waals surface area contributed by atoms with Gasteiger partial charge in [-0.1, -0.05) is 20.3 Å². The average Bonchev–Trinajstić information content (AvgIpc) is 2.62. The first kappa shape index (κ1) is 10.4. The third kappa shape index (κ3) is 1.82. The number of hydrogen-bond donors (Lipinski definition) is 2. The van der Waals surface area contributed by atoms with E-state index in [0.29, 0.717) is 12.0 Å². The summed E-state index contributed by atoms with van der Waals surface area (Å²) in [4.78, 5) is 0. The molecule has 0 radical (unpaired) electrons. The average molecular weight is 197 g/mol. The SMILES string of the molecule is CC1(C)CCCC(C2CCCN2)C1O. The minimum Gasteiger partial charge on any atom is -0.392 e. The fourth-order valence-corrected chi connectivity index (χ4v) is 3.18. The summed E-state index contributed by atoms with van der Waals surface area (Å²) >= 11 is 0. The number of aliphatic hydroxyl groups is 1. The lowest BCUT2D eigenvalue weighted by atomic mass is 9.67. The Hall–Kier alpha value is -0.0800. The molecular weight excluding hydrogens is 174 g/mol. The highest BCUT2D eigenvalue weighted by Crippen LogP contribution is 2.41. The van der Waals surface area contributed by atoms with Gasteiger partial charge >= 0.3 is 0 Å². The monoisotopic (exact) mass is 197 g/mol. The standard InChI is InChI=1S/C12H23NO/c1-12(2)7-3-5-9(11(12)14)10-6-4-8-13-10/h9-11,13-14H,3-8H2,1-2H3. The molecule has 1 aliphatic carbocycles. The van der Waals surface area contributed by atoms with E-state index >= 15 is 0 Å². The molecule has 0 aromatic rings. The fourth-order valence-electron chi connectivity index (χ4n) is 3.18. The van der Waals surface area contributed by atoms with Crippen LogP contribution in [-0.2, 0) is 0 Å². The van der Waals surface area contributed by atoms with Crippen LogP contribution < -0.4 is 5.32 Å². The Kier molecular flexibility index (Phi) is 2.85. The summed E-state index contributed by atoms with van der Waals surface area (Å²) in [5.74, 6) is 0.501. The number of hydrogen-bond acceptors (Lipinski definition) is 2. The van der Waals surface area contributed by atoms with Crippen LogP contribution in [0.3, 0.4) is 0 Å². The van der Waals surface area contributed by atoms with Crippen molar-refractivity contribution < 1.29 is 5.11 Å². The van der Waals surface area contributed by atoms with E-state index in [1.807, 2.05) is 0 Å². The van der Waals surface area contributed by atoms with E-state index in [0.717, 1.165) is 6.54 Å². The summed E-state index contributed by atoms with van der Waals surface area (Å²) in [6.45, 7) is 5.56. The lowest BCUT2D eigenvalue weighted by molar-refractivity contribution is -0.0429. The van der Waals surface area contributed by atoms with Crippen molar-refractivity contribution in [3.8, 4) is 0 Å². The van der Waals surface area contributed by atoms with Gasteiger partial charge in [-0.15, -0.1) is 0 Å². The maximum Gasteiger partial charge on any atom is 0.0634 e. The summed E-state index contributed by atoms with van der Waals surface area (Å²) < 4.78 is 0. The van der Waals surface area contributed by atoms with E-state index in [2.05, 4.69) is 19.2 Å². The van der Waals surface area contributed by atoms with Crippen molar-refractivity contribution in [3.05, 3.63) is 0 Å². The van der Waals surface area contributed by atoms with Crippen molar-refractivity contribution in [3.63, 3.8) is 0 Å². The van der Waals surface area contributed by atoms with Crippen molar-refractivity contribution >= 4 is 0 Å². The second-order valence-electron chi connectivity index (χ2n) is 5.69. The molecule has 1 saturated heterocycles. The molecule has 3 atom stereocenters. The van der Waals surface area contributed by atoms with Crippen LogP contribution in [-0.4, -0.2) is 23.8 Å². The van der Waals surface area contributed by atoms with Crippen molar-refractivity contribution in [1.82, 2.24) is 5.32 Å². The van der Waals surface area contributed by atoms with Gasteiger partial charge < -0.3 is 10.4 Å². The predicted molar refractivity (Wildman–Crippen MR) is 58.2 cm³/mol. The molecule has 82 valence electrons. The minimum atomic E-state index is -0.105. The van der Waals surface area contributed by atoms with Gasteiger partial charge in [0.2, 0.25) is 0 Å². The van der Waals surface area contributed by atoms with Gasteiger partial charge in [-0.05, 0) is 37.6 Å². The molecule has 1 heterocycles. The summed E-state index contributed by atoms with van der Waals surface area (Å²) in [5, 5.41) is 13.9. The van der Waals surface area contributed by atoms with Crippen LogP contribution in [0.5, 0.6) is 0 Å². The molecule has 2 fully saturated rings. The summed E-state index contributed by atoms with van der Waals surface area (Å²) in [5.41, 5.74) is 0.132. The summed E-state index contributed by atoms with van der Waals surface area (Å²) in [6.07, 6.45) is 6.12. The fraction of sp³-hybridized carbons (Fsp3) is 1.00. The lowest BCUT2D eigenvalue weighted by Gasteiger charge is -2.43. The molecular formula is C12H23NO. The molecule has 2 nitrogen and oxygen atoms in total. The maximum absolute atomic E-state index is 10.3. The Morgan fingerprint density at radius 1 is 1.21 bits per heavy atom.